The number of nitrogens with zero attached hydrogens (tertiary/aromatic N) is 3. The maximum Gasteiger partial charge on any atom is 0.333 e. The molecule has 2 heterocycles. The summed E-state index contributed by atoms with van der Waals surface area (Å²) in [5.74, 6) is -0.435. The van der Waals surface area contributed by atoms with E-state index in [0.717, 1.165) is 12.8 Å². The summed E-state index contributed by atoms with van der Waals surface area (Å²) >= 11 is 9.78. The predicted octanol–water partition coefficient (Wildman–Crippen LogP) is 5.86. The molecule has 1 saturated carbocycles. The lowest BCUT2D eigenvalue weighted by atomic mass is 10.0. The molecule has 1 aromatic heterocycles. The van der Waals surface area contributed by atoms with Gasteiger partial charge in [-0.1, -0.05) is 17.7 Å². The van der Waals surface area contributed by atoms with Gasteiger partial charge in [0.05, 0.1) is 29.1 Å². The Balaban J connectivity index is 1.36. The molecule has 42 heavy (non-hydrogen) atoms. The van der Waals surface area contributed by atoms with Crippen LogP contribution in [-0.4, -0.2) is 45.0 Å². The van der Waals surface area contributed by atoms with Gasteiger partial charge in [-0.15, -0.1) is 0 Å². The van der Waals surface area contributed by atoms with E-state index in [1.165, 1.54) is 15.2 Å². The number of halogens is 3. The molecule has 1 aliphatic heterocycles. The first kappa shape index (κ1) is 28.5. The molecule has 0 spiro atoms. The van der Waals surface area contributed by atoms with Crippen LogP contribution in [0.25, 0.3) is 5.69 Å². The zero-order chi connectivity index (χ0) is 29.5. The van der Waals surface area contributed by atoms with Crippen molar-refractivity contribution in [2.45, 2.75) is 51.8 Å². The molecular weight excluding hydrogens is 627 g/mol. The molecule has 0 radical (unpaired) electrons. The van der Waals surface area contributed by atoms with E-state index in [1.54, 1.807) is 54.3 Å². The number of fused-ring (bicyclic) bond motifs is 1. The number of aromatic nitrogens is 2. The smallest absolute Gasteiger partial charge is 0.333 e. The highest BCUT2D eigenvalue weighted by atomic mass is 79.9. The normalized spacial score (nSPS) is 16.4. The van der Waals surface area contributed by atoms with Gasteiger partial charge in [0, 0.05) is 29.7 Å². The minimum atomic E-state index is -0.522. The molecule has 0 atom stereocenters. The third-order valence-corrected chi connectivity index (χ3v) is 9.23. The minimum absolute atomic E-state index is 0.0151. The van der Waals surface area contributed by atoms with E-state index in [4.69, 9.17) is 16.3 Å². The minimum Gasteiger partial charge on any atom is -0.490 e. The summed E-state index contributed by atoms with van der Waals surface area (Å²) in [7, 11) is 0. The first-order valence-corrected chi connectivity index (χ1v) is 15.1. The largest absolute Gasteiger partial charge is 0.490 e. The van der Waals surface area contributed by atoms with Crippen molar-refractivity contribution in [2.24, 2.45) is 0 Å². The number of hydrogen-bond acceptors (Lipinski definition) is 4. The highest BCUT2D eigenvalue weighted by Gasteiger charge is 2.33. The number of imidazole rings is 1. The van der Waals surface area contributed by atoms with Crippen LogP contribution in [0, 0.1) is 6.92 Å². The van der Waals surface area contributed by atoms with Crippen LogP contribution in [0.3, 0.4) is 0 Å². The molecule has 1 fully saturated rings. The second-order valence-corrected chi connectivity index (χ2v) is 11.9. The third kappa shape index (κ3) is 5.45. The van der Waals surface area contributed by atoms with E-state index in [1.807, 2.05) is 0 Å². The number of allylic oxidation sites excluding steroid dienone is 3. The molecule has 2 aliphatic carbocycles. The van der Waals surface area contributed by atoms with Crippen molar-refractivity contribution in [3.63, 3.8) is 0 Å². The van der Waals surface area contributed by atoms with Crippen molar-refractivity contribution >= 4 is 39.3 Å². The summed E-state index contributed by atoms with van der Waals surface area (Å²) < 4.78 is 23.8. The van der Waals surface area contributed by atoms with E-state index in [2.05, 4.69) is 21.2 Å². The van der Waals surface area contributed by atoms with E-state index in [-0.39, 0.29) is 55.4 Å². The number of benzene rings is 2. The predicted molar refractivity (Wildman–Crippen MR) is 161 cm³/mol. The number of hydrogen-bond donors (Lipinski definition) is 1. The van der Waals surface area contributed by atoms with Gasteiger partial charge in [0.15, 0.2) is 0 Å². The molecule has 3 aliphatic rings. The zero-order valence-electron chi connectivity index (χ0n) is 23.0. The van der Waals surface area contributed by atoms with Crippen molar-refractivity contribution in [2.75, 3.05) is 13.1 Å². The average molecular weight is 656 g/mol. The molecule has 1 N–H and O–H groups in total. The third-order valence-electron chi connectivity index (χ3n) is 7.85. The van der Waals surface area contributed by atoms with E-state index >= 15 is 0 Å². The summed E-state index contributed by atoms with van der Waals surface area (Å²) in [6, 6.07) is 10.5. The van der Waals surface area contributed by atoms with Crippen LogP contribution in [0.15, 0.2) is 69.2 Å². The van der Waals surface area contributed by atoms with Gasteiger partial charge in [0.2, 0.25) is 0 Å². The second-order valence-electron chi connectivity index (χ2n) is 10.7. The molecule has 6 rings (SSSR count). The van der Waals surface area contributed by atoms with Gasteiger partial charge in [0.1, 0.15) is 17.3 Å². The van der Waals surface area contributed by atoms with Crippen LogP contribution in [-0.2, 0) is 13.1 Å². The lowest BCUT2D eigenvalue weighted by Gasteiger charge is -2.29. The Morgan fingerprint density at radius 3 is 2.62 bits per heavy atom. The van der Waals surface area contributed by atoms with Gasteiger partial charge in [-0.2, -0.15) is 0 Å². The summed E-state index contributed by atoms with van der Waals surface area (Å²) in [4.78, 5) is 42.8. The molecule has 218 valence electrons. The molecule has 0 saturated heterocycles. The number of ether oxygens (including phenoxy) is 1. The van der Waals surface area contributed by atoms with Gasteiger partial charge in [-0.05, 0) is 102 Å². The Hall–Kier alpha value is -3.63. The Morgan fingerprint density at radius 2 is 1.90 bits per heavy atom. The van der Waals surface area contributed by atoms with E-state index in [9.17, 15) is 18.8 Å². The molecule has 2 amide bonds. The van der Waals surface area contributed by atoms with Crippen molar-refractivity contribution in [3.05, 3.63) is 102 Å². The van der Waals surface area contributed by atoms with Gasteiger partial charge in [-0.3, -0.25) is 18.7 Å². The molecule has 2 aromatic carbocycles. The van der Waals surface area contributed by atoms with Gasteiger partial charge in [0.25, 0.3) is 11.8 Å². The first-order chi connectivity index (χ1) is 20.2. The quantitative estimate of drug-likeness (QED) is 0.346. The molecule has 8 nitrogen and oxygen atoms in total. The molecule has 0 unspecified atom stereocenters. The fourth-order valence-electron chi connectivity index (χ4n) is 5.34. The summed E-state index contributed by atoms with van der Waals surface area (Å²) in [5, 5.41) is 3.28. The Labute approximate surface area is 255 Å². The first-order valence-electron chi connectivity index (χ1n) is 13.9. The summed E-state index contributed by atoms with van der Waals surface area (Å²) in [6.45, 7) is 2.33. The van der Waals surface area contributed by atoms with Crippen LogP contribution in [0.1, 0.15) is 57.8 Å². The lowest BCUT2D eigenvalue weighted by Crippen LogP contribution is -2.41. The maximum absolute atomic E-state index is 14.4. The Kier molecular flexibility index (Phi) is 7.85. The maximum atomic E-state index is 14.4. The van der Waals surface area contributed by atoms with Gasteiger partial charge < -0.3 is 15.0 Å². The SMILES string of the molecule is Cc1c(C(=O)N2CCn3c(c(C(=O)NCC4=C(F)C=CCC4)n(-c4ccc(OC5CC5)cc4)c3=O)C2)ccc(Br)c1Cl. The topological polar surface area (TPSA) is 85.6 Å². The fourth-order valence-corrected chi connectivity index (χ4v) is 5.93. The van der Waals surface area contributed by atoms with Crippen LogP contribution in [0.4, 0.5) is 4.39 Å². The highest BCUT2D eigenvalue weighted by Crippen LogP contribution is 2.31. The fraction of sp³-hybridized carbons (Fsp3) is 0.323. The average Bonchev–Trinajstić information content (AvgIpc) is 3.76. The lowest BCUT2D eigenvalue weighted by molar-refractivity contribution is 0.0705. The Bertz CT molecular complexity index is 1700. The van der Waals surface area contributed by atoms with Crippen molar-refractivity contribution < 1.29 is 18.7 Å². The number of carbonyl (C=O) groups is 2. The van der Waals surface area contributed by atoms with Crippen molar-refractivity contribution in [1.29, 1.82) is 0 Å². The van der Waals surface area contributed by atoms with Crippen LogP contribution in [0.5, 0.6) is 5.75 Å². The van der Waals surface area contributed by atoms with Crippen LogP contribution < -0.4 is 15.7 Å². The number of carbonyl (C=O) groups excluding carboxylic acids is 2. The van der Waals surface area contributed by atoms with Crippen molar-refractivity contribution in [3.8, 4) is 11.4 Å². The van der Waals surface area contributed by atoms with Crippen LogP contribution >= 0.6 is 27.5 Å². The number of rotatable bonds is 7. The van der Waals surface area contributed by atoms with E-state index < -0.39 is 5.91 Å². The molecule has 0 bridgehead atoms. The van der Waals surface area contributed by atoms with Crippen LogP contribution in [0.2, 0.25) is 5.02 Å². The van der Waals surface area contributed by atoms with Gasteiger partial charge in [-0.25, -0.2) is 9.18 Å². The van der Waals surface area contributed by atoms with Gasteiger partial charge >= 0.3 is 5.69 Å². The van der Waals surface area contributed by atoms with E-state index in [0.29, 0.717) is 56.2 Å². The number of amides is 2. The standard InChI is InChI=1S/C31H29BrClFN4O4/c1-18-23(12-13-24(32)27(18)33)30(40)36-14-15-37-26(17-36)28(29(39)35-16-19-4-2-3-5-25(19)34)38(31(37)41)20-6-8-21(9-7-20)42-22-10-11-22/h3,5-9,12-13,22H,2,4,10-11,14-17H2,1H3,(H,35,39). The number of nitrogens with one attached hydrogen (secondary N) is 1. The Morgan fingerprint density at radius 1 is 1.14 bits per heavy atom. The molecular formula is C31H29BrClFN4O4. The van der Waals surface area contributed by atoms with Crippen molar-refractivity contribution in [1.82, 2.24) is 19.4 Å². The summed E-state index contributed by atoms with van der Waals surface area (Å²) in [5.41, 5.74) is 2.22. The molecule has 3 aromatic rings. The molecule has 11 heteroatoms. The monoisotopic (exact) mass is 654 g/mol. The second kappa shape index (κ2) is 11.6. The highest BCUT2D eigenvalue weighted by molar-refractivity contribution is 9.10. The summed E-state index contributed by atoms with van der Waals surface area (Å²) in [6.07, 6.45) is 6.62. The zero-order valence-corrected chi connectivity index (χ0v) is 25.3.